The molecule has 0 bridgehead atoms. The summed E-state index contributed by atoms with van der Waals surface area (Å²) in [5, 5.41) is 40.5. The van der Waals surface area contributed by atoms with E-state index in [4.69, 9.17) is 25.8 Å². The minimum absolute atomic E-state index is 0.0633. The molecule has 4 rings (SSSR count). The lowest BCUT2D eigenvalue weighted by Crippen LogP contribution is -2.55. The van der Waals surface area contributed by atoms with E-state index in [0.717, 1.165) is 23.3 Å². The van der Waals surface area contributed by atoms with Gasteiger partial charge in [-0.3, -0.25) is 0 Å². The Bertz CT molecular complexity index is 884. The molecular formula is C23H27ClO7. The highest BCUT2D eigenvalue weighted by Gasteiger charge is 2.44. The quantitative estimate of drug-likeness (QED) is 0.529. The highest BCUT2D eigenvalue weighted by molar-refractivity contribution is 6.31. The first-order chi connectivity index (χ1) is 15.0. The van der Waals surface area contributed by atoms with Crippen LogP contribution in [0, 0.1) is 0 Å². The monoisotopic (exact) mass is 450 g/mol. The topological polar surface area (TPSA) is 109 Å². The molecule has 0 radical (unpaired) electrons. The van der Waals surface area contributed by atoms with Crippen LogP contribution in [0.3, 0.4) is 0 Å². The van der Waals surface area contributed by atoms with Gasteiger partial charge in [0.1, 0.15) is 42.4 Å². The van der Waals surface area contributed by atoms with Gasteiger partial charge in [0.15, 0.2) is 0 Å². The van der Waals surface area contributed by atoms with Crippen LogP contribution in [0.25, 0.3) is 0 Å². The number of halogens is 1. The van der Waals surface area contributed by atoms with E-state index in [2.05, 4.69) is 0 Å². The van der Waals surface area contributed by atoms with Gasteiger partial charge in [-0.1, -0.05) is 35.9 Å². The third kappa shape index (κ3) is 5.04. The highest BCUT2D eigenvalue weighted by Crippen LogP contribution is 2.34. The largest absolute Gasteiger partial charge is 0.488 e. The zero-order valence-corrected chi connectivity index (χ0v) is 17.7. The van der Waals surface area contributed by atoms with E-state index in [-0.39, 0.29) is 6.10 Å². The van der Waals surface area contributed by atoms with Gasteiger partial charge < -0.3 is 34.6 Å². The standard InChI is InChI=1S/C23H27ClO7/c24-18-5-4-14(23-22(28)21(27)20(26)19(11-25)31-23)10-15(18)8-13-2-1-3-16(9-13)30-17-6-7-29-12-17/h1-5,9-10,17,19-23,25-28H,6-8,11-12H2/t17?,19-,20-,21+,22-,23+/m1/s1. The van der Waals surface area contributed by atoms with Crippen molar-refractivity contribution in [2.75, 3.05) is 19.8 Å². The smallest absolute Gasteiger partial charge is 0.124 e. The zero-order chi connectivity index (χ0) is 22.0. The summed E-state index contributed by atoms with van der Waals surface area (Å²) in [5.74, 6) is 0.772. The van der Waals surface area contributed by atoms with Gasteiger partial charge in [-0.2, -0.15) is 0 Å². The highest BCUT2D eigenvalue weighted by atomic mass is 35.5. The number of rotatable bonds is 6. The summed E-state index contributed by atoms with van der Waals surface area (Å²) in [6.07, 6.45) is -4.55. The molecule has 6 atom stereocenters. The Morgan fingerprint density at radius 3 is 2.61 bits per heavy atom. The van der Waals surface area contributed by atoms with Crippen LogP contribution < -0.4 is 4.74 Å². The molecule has 2 aromatic carbocycles. The van der Waals surface area contributed by atoms with Crippen LogP contribution in [-0.4, -0.2) is 70.8 Å². The fourth-order valence-corrected chi connectivity index (χ4v) is 4.22. The minimum atomic E-state index is -1.43. The second-order valence-corrected chi connectivity index (χ2v) is 8.44. The van der Waals surface area contributed by atoms with E-state index in [1.165, 1.54) is 0 Å². The molecule has 31 heavy (non-hydrogen) atoms. The van der Waals surface area contributed by atoms with Crippen molar-refractivity contribution in [3.8, 4) is 5.75 Å². The van der Waals surface area contributed by atoms with Crippen molar-refractivity contribution >= 4 is 11.6 Å². The molecule has 4 N–H and O–H groups in total. The van der Waals surface area contributed by atoms with E-state index < -0.39 is 37.1 Å². The average molecular weight is 451 g/mol. The molecule has 0 aromatic heterocycles. The summed E-state index contributed by atoms with van der Waals surface area (Å²) >= 11 is 6.43. The van der Waals surface area contributed by atoms with Gasteiger partial charge in [0.05, 0.1) is 19.8 Å². The molecule has 8 heteroatoms. The molecule has 168 valence electrons. The van der Waals surface area contributed by atoms with Crippen LogP contribution in [0.2, 0.25) is 5.02 Å². The van der Waals surface area contributed by atoms with Crippen LogP contribution in [0.1, 0.15) is 29.2 Å². The maximum absolute atomic E-state index is 10.4. The van der Waals surface area contributed by atoms with Crippen molar-refractivity contribution in [2.24, 2.45) is 0 Å². The number of ether oxygens (including phenoxy) is 3. The predicted molar refractivity (Wildman–Crippen MR) is 113 cm³/mol. The summed E-state index contributed by atoms with van der Waals surface area (Å²) in [7, 11) is 0. The minimum Gasteiger partial charge on any atom is -0.488 e. The lowest BCUT2D eigenvalue weighted by molar-refractivity contribution is -0.231. The third-order valence-corrected chi connectivity index (χ3v) is 6.14. The van der Waals surface area contributed by atoms with Crippen LogP contribution in [0.15, 0.2) is 42.5 Å². The van der Waals surface area contributed by atoms with Crippen LogP contribution in [0.4, 0.5) is 0 Å². The number of benzene rings is 2. The van der Waals surface area contributed by atoms with Crippen molar-refractivity contribution < 1.29 is 34.6 Å². The van der Waals surface area contributed by atoms with Gasteiger partial charge in [-0.15, -0.1) is 0 Å². The van der Waals surface area contributed by atoms with Crippen molar-refractivity contribution in [2.45, 2.75) is 49.5 Å². The number of aliphatic hydroxyl groups is 4. The van der Waals surface area contributed by atoms with E-state index in [0.29, 0.717) is 30.2 Å². The van der Waals surface area contributed by atoms with Crippen molar-refractivity contribution in [1.82, 2.24) is 0 Å². The summed E-state index contributed by atoms with van der Waals surface area (Å²) in [4.78, 5) is 0. The van der Waals surface area contributed by atoms with E-state index in [9.17, 15) is 20.4 Å². The summed E-state index contributed by atoms with van der Waals surface area (Å²) in [6, 6.07) is 13.0. The molecule has 2 saturated heterocycles. The average Bonchev–Trinajstić information content (AvgIpc) is 3.27. The van der Waals surface area contributed by atoms with E-state index in [1.54, 1.807) is 12.1 Å². The first-order valence-electron chi connectivity index (χ1n) is 10.4. The second-order valence-electron chi connectivity index (χ2n) is 8.03. The molecule has 2 aromatic rings. The Morgan fingerprint density at radius 1 is 1.03 bits per heavy atom. The molecule has 2 heterocycles. The number of hydrogen-bond donors (Lipinski definition) is 4. The Labute approximate surface area is 185 Å². The van der Waals surface area contributed by atoms with Gasteiger partial charge in [-0.05, 0) is 41.3 Å². The van der Waals surface area contributed by atoms with Crippen LogP contribution in [0.5, 0.6) is 5.75 Å². The zero-order valence-electron chi connectivity index (χ0n) is 16.9. The third-order valence-electron chi connectivity index (χ3n) is 5.77. The first-order valence-corrected chi connectivity index (χ1v) is 10.8. The summed E-state index contributed by atoms with van der Waals surface area (Å²) < 4.78 is 17.0. The van der Waals surface area contributed by atoms with Crippen LogP contribution in [-0.2, 0) is 15.9 Å². The maximum atomic E-state index is 10.4. The van der Waals surface area contributed by atoms with Crippen molar-refractivity contribution in [3.05, 3.63) is 64.2 Å². The maximum Gasteiger partial charge on any atom is 0.124 e. The van der Waals surface area contributed by atoms with E-state index >= 15 is 0 Å². The fraction of sp³-hybridized carbons (Fsp3) is 0.478. The first kappa shape index (κ1) is 22.5. The molecule has 2 aliphatic heterocycles. The van der Waals surface area contributed by atoms with E-state index in [1.807, 2.05) is 30.3 Å². The lowest BCUT2D eigenvalue weighted by Gasteiger charge is -2.40. The fourth-order valence-electron chi connectivity index (χ4n) is 4.03. The molecule has 0 amide bonds. The molecule has 1 unspecified atom stereocenters. The second kappa shape index (κ2) is 9.83. The Kier molecular flexibility index (Phi) is 7.13. The predicted octanol–water partition coefficient (Wildman–Crippen LogP) is 1.61. The molecule has 0 spiro atoms. The summed E-state index contributed by atoms with van der Waals surface area (Å²) in [6.45, 7) is 0.836. The molecule has 2 aliphatic rings. The van der Waals surface area contributed by atoms with Gasteiger partial charge in [0.2, 0.25) is 0 Å². The SMILES string of the molecule is OC[C@H]1O[C@@H](c2ccc(Cl)c(Cc3cccc(OC4CCOC4)c3)c2)[C@H](O)[C@@H](O)[C@@H]1O. The Hall–Kier alpha value is -1.71. The Balaban J connectivity index is 1.53. The molecule has 7 nitrogen and oxygen atoms in total. The van der Waals surface area contributed by atoms with Gasteiger partial charge in [-0.25, -0.2) is 0 Å². The van der Waals surface area contributed by atoms with Crippen molar-refractivity contribution in [1.29, 1.82) is 0 Å². The molecule has 0 saturated carbocycles. The molecule has 2 fully saturated rings. The number of aliphatic hydroxyl groups excluding tert-OH is 4. The van der Waals surface area contributed by atoms with Gasteiger partial charge in [0, 0.05) is 11.4 Å². The molecular weight excluding hydrogens is 424 g/mol. The van der Waals surface area contributed by atoms with Crippen molar-refractivity contribution in [3.63, 3.8) is 0 Å². The Morgan fingerprint density at radius 2 is 1.87 bits per heavy atom. The lowest BCUT2D eigenvalue weighted by atomic mass is 9.90. The molecule has 0 aliphatic carbocycles. The number of hydrogen-bond acceptors (Lipinski definition) is 7. The normalized spacial score (nSPS) is 31.0. The van der Waals surface area contributed by atoms with Gasteiger partial charge in [0.25, 0.3) is 0 Å². The summed E-state index contributed by atoms with van der Waals surface area (Å²) in [5.41, 5.74) is 2.42. The van der Waals surface area contributed by atoms with Gasteiger partial charge >= 0.3 is 0 Å². The van der Waals surface area contributed by atoms with Crippen LogP contribution >= 0.6 is 11.6 Å².